The van der Waals surface area contributed by atoms with Crippen LogP contribution in [0.15, 0.2) is 59.7 Å². The third-order valence-corrected chi connectivity index (χ3v) is 6.54. The molecule has 6 heteroatoms. The number of nitrogens with zero attached hydrogens (tertiary/aromatic N) is 3. The Balaban J connectivity index is 1.47. The van der Waals surface area contributed by atoms with Crippen molar-refractivity contribution < 1.29 is 9.90 Å². The van der Waals surface area contributed by atoms with E-state index in [1.807, 2.05) is 30.5 Å². The van der Waals surface area contributed by atoms with Gasteiger partial charge in [-0.15, -0.1) is 0 Å². The van der Waals surface area contributed by atoms with E-state index in [1.165, 1.54) is 0 Å². The van der Waals surface area contributed by atoms with E-state index in [0.29, 0.717) is 42.9 Å². The SMILES string of the molecule is CCN(CC)CC(O)CCC(=O)c1ccc(C#Cc2c(N)ncc3ccc(C4=CC=NC4)cc23)cc1. The Morgan fingerprint density at radius 3 is 2.61 bits per heavy atom. The number of aromatic nitrogens is 1. The van der Waals surface area contributed by atoms with E-state index in [9.17, 15) is 9.90 Å². The fourth-order valence-electron chi connectivity index (χ4n) is 4.28. The minimum atomic E-state index is -0.503. The first-order valence-electron chi connectivity index (χ1n) is 12.4. The van der Waals surface area contributed by atoms with Crippen LogP contribution in [0.4, 0.5) is 5.82 Å². The number of fused-ring (bicyclic) bond motifs is 1. The van der Waals surface area contributed by atoms with Gasteiger partial charge >= 0.3 is 0 Å². The number of hydrogen-bond donors (Lipinski definition) is 2. The zero-order chi connectivity index (χ0) is 25.5. The number of hydrogen-bond acceptors (Lipinski definition) is 6. The molecule has 1 atom stereocenters. The van der Waals surface area contributed by atoms with E-state index in [2.05, 4.69) is 52.7 Å². The summed E-state index contributed by atoms with van der Waals surface area (Å²) in [6.07, 6.45) is 5.87. The quantitative estimate of drug-likeness (QED) is 0.351. The van der Waals surface area contributed by atoms with Crippen molar-refractivity contribution in [1.82, 2.24) is 9.88 Å². The normalized spacial score (nSPS) is 13.5. The summed E-state index contributed by atoms with van der Waals surface area (Å²) in [7, 11) is 0. The summed E-state index contributed by atoms with van der Waals surface area (Å²) in [5.74, 6) is 6.77. The molecule has 184 valence electrons. The van der Waals surface area contributed by atoms with Gasteiger partial charge < -0.3 is 15.7 Å². The van der Waals surface area contributed by atoms with E-state index < -0.39 is 6.10 Å². The molecule has 0 radical (unpaired) electrons. The summed E-state index contributed by atoms with van der Waals surface area (Å²) in [6, 6.07) is 13.4. The number of aliphatic hydroxyl groups is 1. The average Bonchev–Trinajstić information content (AvgIpc) is 3.45. The van der Waals surface area contributed by atoms with Crippen LogP contribution >= 0.6 is 0 Å². The lowest BCUT2D eigenvalue weighted by Gasteiger charge is -2.21. The molecule has 4 rings (SSSR count). The molecule has 0 spiro atoms. The number of benzene rings is 2. The molecule has 0 aliphatic carbocycles. The Morgan fingerprint density at radius 1 is 1.14 bits per heavy atom. The highest BCUT2D eigenvalue weighted by atomic mass is 16.3. The Morgan fingerprint density at radius 2 is 1.92 bits per heavy atom. The molecule has 1 unspecified atom stereocenters. The topological polar surface area (TPSA) is 91.8 Å². The first-order valence-corrected chi connectivity index (χ1v) is 12.4. The van der Waals surface area contributed by atoms with Crippen molar-refractivity contribution in [3.63, 3.8) is 0 Å². The molecule has 0 saturated carbocycles. The molecule has 2 heterocycles. The van der Waals surface area contributed by atoms with Crippen molar-refractivity contribution >= 4 is 34.2 Å². The summed E-state index contributed by atoms with van der Waals surface area (Å²) in [6.45, 7) is 7.17. The summed E-state index contributed by atoms with van der Waals surface area (Å²) in [5.41, 5.74) is 10.6. The molecular formula is C30H32N4O2. The summed E-state index contributed by atoms with van der Waals surface area (Å²) < 4.78 is 0. The molecule has 3 aromatic rings. The molecule has 6 nitrogen and oxygen atoms in total. The van der Waals surface area contributed by atoms with Crippen molar-refractivity contribution in [1.29, 1.82) is 0 Å². The zero-order valence-corrected chi connectivity index (χ0v) is 20.9. The number of aliphatic imine (C=N–C) groups is 1. The van der Waals surface area contributed by atoms with Gasteiger partial charge in [-0.05, 0) is 54.9 Å². The molecule has 2 aromatic carbocycles. The van der Waals surface area contributed by atoms with Gasteiger partial charge in [-0.25, -0.2) is 4.98 Å². The number of carbonyl (C=O) groups excluding carboxylic acids is 1. The number of allylic oxidation sites excluding steroid dienone is 1. The fourth-order valence-corrected chi connectivity index (χ4v) is 4.28. The standard InChI is InChI=1S/C30H32N4O2/c1-3-34(4-2)20-26(35)12-14-29(36)22-8-5-21(6-9-22)7-13-27-28-17-23(24-15-16-32-18-24)10-11-25(28)19-33-30(27)31/h5-6,8-11,15-17,19,26,35H,3-4,12,14,18,20H2,1-2H3,(H2,31,33). The first kappa shape index (κ1) is 25.3. The van der Waals surface area contributed by atoms with E-state index in [4.69, 9.17) is 5.73 Å². The Bertz CT molecular complexity index is 1360. The highest BCUT2D eigenvalue weighted by Crippen LogP contribution is 2.27. The molecule has 1 aromatic heterocycles. The fraction of sp³-hybridized carbons (Fsp3) is 0.300. The van der Waals surface area contributed by atoms with Gasteiger partial charge in [-0.2, -0.15) is 0 Å². The van der Waals surface area contributed by atoms with Crippen LogP contribution in [0, 0.1) is 11.8 Å². The van der Waals surface area contributed by atoms with Gasteiger partial charge in [0.05, 0.1) is 18.2 Å². The van der Waals surface area contributed by atoms with Crippen molar-refractivity contribution in [3.8, 4) is 11.8 Å². The lowest BCUT2D eigenvalue weighted by molar-refractivity contribution is 0.0877. The van der Waals surface area contributed by atoms with Crippen LogP contribution in [0.5, 0.6) is 0 Å². The van der Waals surface area contributed by atoms with Crippen molar-refractivity contribution in [3.05, 3.63) is 77.0 Å². The smallest absolute Gasteiger partial charge is 0.162 e. The summed E-state index contributed by atoms with van der Waals surface area (Å²) >= 11 is 0. The second-order valence-electron chi connectivity index (χ2n) is 8.93. The van der Waals surface area contributed by atoms with Crippen LogP contribution in [0.3, 0.4) is 0 Å². The Labute approximate surface area is 212 Å². The molecule has 3 N–H and O–H groups in total. The molecule has 1 aliphatic heterocycles. The maximum absolute atomic E-state index is 12.6. The van der Waals surface area contributed by atoms with Crippen LogP contribution in [0.2, 0.25) is 0 Å². The highest BCUT2D eigenvalue weighted by molar-refractivity contribution is 5.97. The van der Waals surface area contributed by atoms with Crippen molar-refractivity contribution in [2.75, 3.05) is 31.9 Å². The molecule has 0 bridgehead atoms. The summed E-state index contributed by atoms with van der Waals surface area (Å²) in [5, 5.41) is 12.2. The lowest BCUT2D eigenvalue weighted by Crippen LogP contribution is -2.32. The maximum Gasteiger partial charge on any atom is 0.162 e. The van der Waals surface area contributed by atoms with Crippen molar-refractivity contribution in [2.24, 2.45) is 4.99 Å². The van der Waals surface area contributed by atoms with Gasteiger partial charge in [-0.1, -0.05) is 50.0 Å². The van der Waals surface area contributed by atoms with E-state index in [0.717, 1.165) is 40.6 Å². The average molecular weight is 481 g/mol. The largest absolute Gasteiger partial charge is 0.392 e. The third-order valence-electron chi connectivity index (χ3n) is 6.54. The minimum Gasteiger partial charge on any atom is -0.392 e. The Hall–Kier alpha value is -3.79. The first-order chi connectivity index (χ1) is 17.5. The number of carbonyl (C=O) groups is 1. The molecule has 0 amide bonds. The summed E-state index contributed by atoms with van der Waals surface area (Å²) in [4.78, 5) is 23.3. The second kappa shape index (κ2) is 11.8. The monoisotopic (exact) mass is 480 g/mol. The molecule has 0 fully saturated rings. The van der Waals surface area contributed by atoms with Crippen LogP contribution in [0.25, 0.3) is 16.3 Å². The number of aliphatic hydroxyl groups excluding tert-OH is 1. The second-order valence-corrected chi connectivity index (χ2v) is 8.93. The van der Waals surface area contributed by atoms with Gasteiger partial charge in [0, 0.05) is 47.3 Å². The number of Topliss-reactive ketones (excluding diaryl/α,β-unsaturated/α-hetero) is 1. The molecular weight excluding hydrogens is 448 g/mol. The minimum absolute atomic E-state index is 0.0216. The maximum atomic E-state index is 12.6. The molecule has 1 aliphatic rings. The Kier molecular flexibility index (Phi) is 8.27. The van der Waals surface area contributed by atoms with Crippen LogP contribution in [-0.2, 0) is 0 Å². The predicted molar refractivity (Wildman–Crippen MR) is 147 cm³/mol. The predicted octanol–water partition coefficient (Wildman–Crippen LogP) is 4.35. The van der Waals surface area contributed by atoms with E-state index >= 15 is 0 Å². The number of rotatable bonds is 9. The number of nitrogens with two attached hydrogens (primary N) is 1. The van der Waals surface area contributed by atoms with Crippen molar-refractivity contribution in [2.45, 2.75) is 32.8 Å². The highest BCUT2D eigenvalue weighted by Gasteiger charge is 2.13. The zero-order valence-electron chi connectivity index (χ0n) is 20.9. The van der Waals surface area contributed by atoms with Gasteiger partial charge in [0.2, 0.25) is 0 Å². The third kappa shape index (κ3) is 6.06. The number of nitrogen functional groups attached to an aromatic ring is 1. The van der Waals surface area contributed by atoms with Crippen LogP contribution in [0.1, 0.15) is 53.7 Å². The van der Waals surface area contributed by atoms with Gasteiger partial charge in [-0.3, -0.25) is 9.79 Å². The van der Waals surface area contributed by atoms with Gasteiger partial charge in [0.1, 0.15) is 5.82 Å². The van der Waals surface area contributed by atoms with Gasteiger partial charge in [0.25, 0.3) is 0 Å². The van der Waals surface area contributed by atoms with E-state index in [1.54, 1.807) is 18.3 Å². The van der Waals surface area contributed by atoms with Gasteiger partial charge in [0.15, 0.2) is 5.78 Å². The number of ketones is 1. The number of likely N-dealkylation sites (N-methyl/N-ethyl adjacent to an activating group) is 1. The van der Waals surface area contributed by atoms with E-state index in [-0.39, 0.29) is 5.78 Å². The molecule has 0 saturated heterocycles. The number of anilines is 1. The molecule has 36 heavy (non-hydrogen) atoms. The number of pyridine rings is 1. The lowest BCUT2D eigenvalue weighted by atomic mass is 9.99. The van der Waals surface area contributed by atoms with Crippen LogP contribution in [-0.4, -0.2) is 59.3 Å². The van der Waals surface area contributed by atoms with Crippen LogP contribution < -0.4 is 5.73 Å².